The molecule has 4 nitrogen and oxygen atoms in total. The molecule has 0 bridgehead atoms. The summed E-state index contributed by atoms with van der Waals surface area (Å²) in [5.41, 5.74) is 5.62. The molecule has 1 fully saturated rings. The van der Waals surface area contributed by atoms with Gasteiger partial charge in [0.2, 0.25) is 0 Å². The van der Waals surface area contributed by atoms with E-state index in [0.717, 1.165) is 19.6 Å². The highest BCUT2D eigenvalue weighted by Crippen LogP contribution is 2.23. The number of nitrogens with zero attached hydrogens (tertiary/aromatic N) is 2. The van der Waals surface area contributed by atoms with Crippen molar-refractivity contribution in [2.24, 2.45) is 5.92 Å². The van der Waals surface area contributed by atoms with E-state index in [1.165, 1.54) is 11.3 Å². The van der Waals surface area contributed by atoms with Gasteiger partial charge in [0.25, 0.3) is 0 Å². The zero-order valence-electron chi connectivity index (χ0n) is 9.85. The van der Waals surface area contributed by atoms with Crippen LogP contribution in [0.2, 0.25) is 0 Å². The van der Waals surface area contributed by atoms with Crippen LogP contribution >= 0.6 is 11.3 Å². The average molecular weight is 241 g/mol. The van der Waals surface area contributed by atoms with Crippen molar-refractivity contribution < 1.29 is 4.74 Å². The topological polar surface area (TPSA) is 51.4 Å². The number of methoxy groups -OCH3 is 1. The van der Waals surface area contributed by atoms with Crippen molar-refractivity contribution in [2.75, 3.05) is 25.9 Å². The summed E-state index contributed by atoms with van der Waals surface area (Å²) in [5, 5.41) is 0.656. The summed E-state index contributed by atoms with van der Waals surface area (Å²) in [4.78, 5) is 7.73. The Morgan fingerprint density at radius 3 is 3.12 bits per heavy atom. The first kappa shape index (κ1) is 11.8. The van der Waals surface area contributed by atoms with Gasteiger partial charge in [-0.05, 0) is 18.9 Å². The number of aromatic nitrogens is 1. The highest BCUT2D eigenvalue weighted by atomic mass is 32.1. The van der Waals surface area contributed by atoms with Gasteiger partial charge in [-0.1, -0.05) is 6.92 Å². The van der Waals surface area contributed by atoms with Crippen LogP contribution in [0.1, 0.15) is 18.2 Å². The molecule has 1 aliphatic rings. The van der Waals surface area contributed by atoms with Gasteiger partial charge in [-0.25, -0.2) is 4.98 Å². The van der Waals surface area contributed by atoms with Crippen LogP contribution in [0.4, 0.5) is 5.13 Å². The van der Waals surface area contributed by atoms with E-state index < -0.39 is 0 Å². The van der Waals surface area contributed by atoms with Crippen molar-refractivity contribution in [3.8, 4) is 0 Å². The maximum atomic E-state index is 5.62. The summed E-state index contributed by atoms with van der Waals surface area (Å²) in [6.07, 6.45) is 3.44. The third kappa shape index (κ3) is 2.72. The molecule has 16 heavy (non-hydrogen) atoms. The number of likely N-dealkylation sites (tertiary alicyclic amines) is 1. The minimum Gasteiger partial charge on any atom is -0.380 e. The van der Waals surface area contributed by atoms with E-state index in [1.54, 1.807) is 18.4 Å². The molecular weight excluding hydrogens is 222 g/mol. The van der Waals surface area contributed by atoms with Crippen LogP contribution in [-0.4, -0.2) is 36.2 Å². The molecule has 1 aromatic rings. The van der Waals surface area contributed by atoms with Crippen molar-refractivity contribution in [3.05, 3.63) is 11.1 Å². The van der Waals surface area contributed by atoms with Crippen LogP contribution in [0, 0.1) is 5.92 Å². The Balaban J connectivity index is 1.91. The van der Waals surface area contributed by atoms with Crippen LogP contribution in [0.5, 0.6) is 0 Å². The number of piperidine rings is 1. The van der Waals surface area contributed by atoms with Gasteiger partial charge in [-0.3, -0.25) is 4.90 Å². The monoisotopic (exact) mass is 241 g/mol. The Kier molecular flexibility index (Phi) is 3.78. The first-order valence-electron chi connectivity index (χ1n) is 5.64. The number of rotatable bonds is 3. The molecule has 90 valence electrons. The zero-order chi connectivity index (χ0) is 11.5. The van der Waals surface area contributed by atoms with Gasteiger partial charge in [0.05, 0.1) is 6.10 Å². The van der Waals surface area contributed by atoms with Crippen molar-refractivity contribution in [2.45, 2.75) is 26.0 Å². The van der Waals surface area contributed by atoms with Gasteiger partial charge in [-0.15, -0.1) is 11.3 Å². The van der Waals surface area contributed by atoms with E-state index in [-0.39, 0.29) is 0 Å². The van der Waals surface area contributed by atoms with Crippen molar-refractivity contribution >= 4 is 16.5 Å². The Morgan fingerprint density at radius 1 is 1.69 bits per heavy atom. The van der Waals surface area contributed by atoms with Crippen LogP contribution in [0.15, 0.2) is 6.20 Å². The second kappa shape index (κ2) is 5.12. The summed E-state index contributed by atoms with van der Waals surface area (Å²) >= 11 is 1.58. The number of anilines is 1. The standard InChI is InChI=1S/C11H19N3OS/c1-8-3-4-14(7-10(8)15-2)6-9-5-13-11(12)16-9/h5,8,10H,3-4,6-7H2,1-2H3,(H2,12,13). The zero-order valence-corrected chi connectivity index (χ0v) is 10.7. The van der Waals surface area contributed by atoms with Gasteiger partial charge in [0, 0.05) is 31.3 Å². The van der Waals surface area contributed by atoms with Crippen LogP contribution in [0.25, 0.3) is 0 Å². The number of hydrogen-bond donors (Lipinski definition) is 1. The summed E-state index contributed by atoms with van der Waals surface area (Å²) in [6, 6.07) is 0. The van der Waals surface area contributed by atoms with E-state index in [2.05, 4.69) is 16.8 Å². The lowest BCUT2D eigenvalue weighted by atomic mass is 9.96. The second-order valence-corrected chi connectivity index (χ2v) is 5.59. The highest BCUT2D eigenvalue weighted by molar-refractivity contribution is 7.15. The Morgan fingerprint density at radius 2 is 2.50 bits per heavy atom. The quantitative estimate of drug-likeness (QED) is 0.873. The van der Waals surface area contributed by atoms with Crippen molar-refractivity contribution in [1.29, 1.82) is 0 Å². The molecule has 1 aliphatic heterocycles. The Labute approximate surface area is 100 Å². The van der Waals surface area contributed by atoms with E-state index in [9.17, 15) is 0 Å². The molecule has 0 spiro atoms. The third-order valence-corrected chi connectivity index (χ3v) is 4.04. The molecule has 5 heteroatoms. The van der Waals surface area contributed by atoms with Crippen molar-refractivity contribution in [3.63, 3.8) is 0 Å². The maximum Gasteiger partial charge on any atom is 0.180 e. The van der Waals surface area contributed by atoms with Gasteiger partial charge >= 0.3 is 0 Å². The normalized spacial score (nSPS) is 27.1. The van der Waals surface area contributed by atoms with Crippen LogP contribution in [0.3, 0.4) is 0 Å². The van der Waals surface area contributed by atoms with Crippen molar-refractivity contribution in [1.82, 2.24) is 9.88 Å². The molecule has 0 amide bonds. The second-order valence-electron chi connectivity index (χ2n) is 4.44. The lowest BCUT2D eigenvalue weighted by Crippen LogP contribution is -2.43. The molecule has 0 saturated carbocycles. The predicted octanol–water partition coefficient (Wildman–Crippen LogP) is 1.58. The lowest BCUT2D eigenvalue weighted by Gasteiger charge is -2.35. The number of thiazole rings is 1. The molecule has 1 saturated heterocycles. The average Bonchev–Trinajstić information content (AvgIpc) is 2.67. The molecule has 2 heterocycles. The fraction of sp³-hybridized carbons (Fsp3) is 0.727. The lowest BCUT2D eigenvalue weighted by molar-refractivity contribution is -0.00717. The SMILES string of the molecule is COC1CN(Cc2cnc(N)s2)CCC1C. The molecule has 0 aliphatic carbocycles. The first-order valence-corrected chi connectivity index (χ1v) is 6.46. The first-order chi connectivity index (χ1) is 7.69. The minimum absolute atomic E-state index is 0.360. The van der Waals surface area contributed by atoms with Crippen LogP contribution in [-0.2, 0) is 11.3 Å². The molecule has 2 N–H and O–H groups in total. The number of hydrogen-bond acceptors (Lipinski definition) is 5. The fourth-order valence-electron chi connectivity index (χ4n) is 2.16. The largest absolute Gasteiger partial charge is 0.380 e. The van der Waals surface area contributed by atoms with E-state index >= 15 is 0 Å². The number of nitrogens with two attached hydrogens (primary N) is 1. The summed E-state index contributed by atoms with van der Waals surface area (Å²) < 4.78 is 5.50. The fourth-order valence-corrected chi connectivity index (χ4v) is 2.89. The molecular formula is C11H19N3OS. The Hall–Kier alpha value is -0.650. The van der Waals surface area contributed by atoms with Crippen LogP contribution < -0.4 is 5.73 Å². The summed E-state index contributed by atoms with van der Waals surface area (Å²) in [5.74, 6) is 0.660. The number of nitrogen functional groups attached to an aromatic ring is 1. The maximum absolute atomic E-state index is 5.62. The Bertz CT molecular complexity index is 342. The molecule has 1 aromatic heterocycles. The summed E-state index contributed by atoms with van der Waals surface area (Å²) in [7, 11) is 1.80. The van der Waals surface area contributed by atoms with E-state index in [1.807, 2.05) is 6.20 Å². The highest BCUT2D eigenvalue weighted by Gasteiger charge is 2.26. The summed E-state index contributed by atoms with van der Waals surface area (Å²) in [6.45, 7) is 5.35. The third-order valence-electron chi connectivity index (χ3n) is 3.23. The molecule has 2 unspecified atom stereocenters. The minimum atomic E-state index is 0.360. The van der Waals surface area contributed by atoms with E-state index in [4.69, 9.17) is 10.5 Å². The van der Waals surface area contributed by atoms with E-state index in [0.29, 0.717) is 17.2 Å². The smallest absolute Gasteiger partial charge is 0.180 e. The molecule has 0 radical (unpaired) electrons. The van der Waals surface area contributed by atoms with Gasteiger partial charge in [-0.2, -0.15) is 0 Å². The number of ether oxygens (including phenoxy) is 1. The molecule has 2 atom stereocenters. The molecule has 2 rings (SSSR count). The van der Waals surface area contributed by atoms with Gasteiger partial charge in [0.15, 0.2) is 5.13 Å². The predicted molar refractivity (Wildman–Crippen MR) is 66.4 cm³/mol. The molecule has 0 aromatic carbocycles. The van der Waals surface area contributed by atoms with Gasteiger partial charge < -0.3 is 10.5 Å². The van der Waals surface area contributed by atoms with Gasteiger partial charge in [0.1, 0.15) is 0 Å².